The molecule has 5 nitrogen and oxygen atoms in total. The van der Waals surface area contributed by atoms with Crippen LogP contribution in [0.4, 0.5) is 5.69 Å². The molecule has 0 bridgehead atoms. The zero-order chi connectivity index (χ0) is 20.3. The molecule has 2 aliphatic rings. The van der Waals surface area contributed by atoms with E-state index in [0.29, 0.717) is 5.69 Å². The Morgan fingerprint density at radius 1 is 1.17 bits per heavy atom. The summed E-state index contributed by atoms with van der Waals surface area (Å²) in [5.74, 6) is 0. The highest BCUT2D eigenvalue weighted by molar-refractivity contribution is 6.62. The van der Waals surface area contributed by atoms with Crippen LogP contribution in [0.25, 0.3) is 22.2 Å². The maximum Gasteiger partial charge on any atom is 0.492 e. The van der Waals surface area contributed by atoms with Crippen molar-refractivity contribution in [2.24, 2.45) is 0 Å². The standard InChI is InChI=1S/C23H24BN3O2/c1-23(2)17-11-13(7-8-18(17)24(28)29-23)22-15-6-4-3-5-14(15)21-16(12-25)19(26)9-10-20(21)27-22/h7-12,25,28H,3-6,26H2,1-2H3. The van der Waals surface area contributed by atoms with Crippen molar-refractivity contribution in [1.29, 1.82) is 5.41 Å². The minimum atomic E-state index is -0.884. The van der Waals surface area contributed by atoms with Gasteiger partial charge in [0.05, 0.1) is 16.8 Å². The quantitative estimate of drug-likeness (QED) is 0.359. The van der Waals surface area contributed by atoms with Gasteiger partial charge in [-0.15, -0.1) is 0 Å². The Balaban J connectivity index is 1.79. The minimum absolute atomic E-state index is 0.538. The van der Waals surface area contributed by atoms with Gasteiger partial charge in [-0.05, 0) is 79.9 Å². The van der Waals surface area contributed by atoms with E-state index in [1.54, 1.807) is 0 Å². The lowest BCUT2D eigenvalue weighted by atomic mass is 9.77. The second kappa shape index (κ2) is 6.41. The Kier molecular flexibility index (Phi) is 4.05. The molecule has 0 saturated carbocycles. The second-order valence-corrected chi connectivity index (χ2v) is 8.51. The highest BCUT2D eigenvalue weighted by atomic mass is 16.5. The molecule has 2 heterocycles. The lowest BCUT2D eigenvalue weighted by Gasteiger charge is -2.24. The third-order valence-corrected chi connectivity index (χ3v) is 6.34. The van der Waals surface area contributed by atoms with E-state index in [-0.39, 0.29) is 0 Å². The molecule has 0 atom stereocenters. The van der Waals surface area contributed by atoms with Gasteiger partial charge in [0.1, 0.15) is 0 Å². The number of anilines is 1. The fraction of sp³-hybridized carbons (Fsp3) is 0.304. The summed E-state index contributed by atoms with van der Waals surface area (Å²) in [5, 5.41) is 19.1. The van der Waals surface area contributed by atoms with Gasteiger partial charge < -0.3 is 20.8 Å². The molecular weight excluding hydrogens is 361 g/mol. The summed E-state index contributed by atoms with van der Waals surface area (Å²) >= 11 is 0. The Labute approximate surface area is 170 Å². The van der Waals surface area contributed by atoms with E-state index in [1.807, 2.05) is 38.1 Å². The second-order valence-electron chi connectivity index (χ2n) is 8.51. The number of nitrogen functional groups attached to an aromatic ring is 1. The highest BCUT2D eigenvalue weighted by Crippen LogP contribution is 2.39. The number of rotatable bonds is 2. The molecule has 0 unspecified atom stereocenters. The Morgan fingerprint density at radius 3 is 2.69 bits per heavy atom. The molecule has 1 aromatic heterocycles. The topological polar surface area (TPSA) is 92.2 Å². The summed E-state index contributed by atoms with van der Waals surface area (Å²) in [6, 6.07) is 9.90. The predicted octanol–water partition coefficient (Wildman–Crippen LogP) is 3.31. The number of pyridine rings is 1. The van der Waals surface area contributed by atoms with Crippen molar-refractivity contribution in [2.75, 3.05) is 5.73 Å². The number of benzene rings is 2. The van der Waals surface area contributed by atoms with Crippen molar-refractivity contribution in [1.82, 2.24) is 4.98 Å². The summed E-state index contributed by atoms with van der Waals surface area (Å²) in [4.78, 5) is 5.04. The zero-order valence-electron chi connectivity index (χ0n) is 16.7. The Morgan fingerprint density at radius 2 is 1.93 bits per heavy atom. The molecule has 6 heteroatoms. The monoisotopic (exact) mass is 385 g/mol. The van der Waals surface area contributed by atoms with E-state index in [9.17, 15) is 5.02 Å². The molecule has 3 aromatic rings. The molecule has 0 spiro atoms. The fourth-order valence-corrected chi connectivity index (χ4v) is 4.91. The smallest absolute Gasteiger partial charge is 0.423 e. The summed E-state index contributed by atoms with van der Waals surface area (Å²) in [6.45, 7) is 3.96. The summed E-state index contributed by atoms with van der Waals surface area (Å²) < 4.78 is 5.73. The molecule has 0 fully saturated rings. The van der Waals surface area contributed by atoms with Gasteiger partial charge in [0.25, 0.3) is 0 Å². The van der Waals surface area contributed by atoms with Crippen molar-refractivity contribution in [3.05, 3.63) is 52.6 Å². The summed E-state index contributed by atoms with van der Waals surface area (Å²) in [6.07, 6.45) is 5.57. The van der Waals surface area contributed by atoms with Crippen LogP contribution in [0.5, 0.6) is 0 Å². The van der Waals surface area contributed by atoms with Gasteiger partial charge in [0.2, 0.25) is 0 Å². The van der Waals surface area contributed by atoms with Crippen molar-refractivity contribution in [3.63, 3.8) is 0 Å². The average Bonchev–Trinajstić information content (AvgIpc) is 2.95. The van der Waals surface area contributed by atoms with E-state index in [1.165, 1.54) is 17.3 Å². The molecule has 1 aliphatic heterocycles. The van der Waals surface area contributed by atoms with Crippen LogP contribution < -0.4 is 11.2 Å². The highest BCUT2D eigenvalue weighted by Gasteiger charge is 2.40. The lowest BCUT2D eigenvalue weighted by molar-refractivity contribution is 0.101. The first kappa shape index (κ1) is 18.3. The first-order chi connectivity index (χ1) is 13.9. The van der Waals surface area contributed by atoms with Crippen LogP contribution in [0.15, 0.2) is 30.3 Å². The normalized spacial score (nSPS) is 17.3. The number of nitrogens with zero attached hydrogens (tertiary/aromatic N) is 1. The molecular formula is C23H24BN3O2. The van der Waals surface area contributed by atoms with Crippen LogP contribution in [0.3, 0.4) is 0 Å². The van der Waals surface area contributed by atoms with Crippen molar-refractivity contribution in [3.8, 4) is 11.3 Å². The van der Waals surface area contributed by atoms with Gasteiger partial charge in [-0.2, -0.15) is 0 Å². The van der Waals surface area contributed by atoms with Crippen molar-refractivity contribution < 1.29 is 9.68 Å². The zero-order valence-corrected chi connectivity index (χ0v) is 16.7. The molecule has 2 aromatic carbocycles. The minimum Gasteiger partial charge on any atom is -0.423 e. The molecule has 146 valence electrons. The number of hydrogen-bond donors (Lipinski definition) is 3. The number of nitrogens with two attached hydrogens (primary N) is 1. The number of aromatic nitrogens is 1. The largest absolute Gasteiger partial charge is 0.492 e. The maximum atomic E-state index is 10.2. The van der Waals surface area contributed by atoms with Crippen LogP contribution >= 0.6 is 0 Å². The van der Waals surface area contributed by atoms with E-state index in [2.05, 4.69) is 6.07 Å². The molecule has 0 amide bonds. The number of nitrogens with one attached hydrogen (secondary N) is 1. The van der Waals surface area contributed by atoms with Crippen molar-refractivity contribution >= 4 is 35.4 Å². The molecule has 0 saturated heterocycles. The number of fused-ring (bicyclic) bond motifs is 4. The van der Waals surface area contributed by atoms with Crippen molar-refractivity contribution in [2.45, 2.75) is 45.1 Å². The third-order valence-electron chi connectivity index (χ3n) is 6.34. The first-order valence-electron chi connectivity index (χ1n) is 10.2. The SMILES string of the molecule is CC1(C)OB(O)c2ccc(-c3nc4ccc(N)c(C=N)c4c4c3CCCC4)cc21. The molecule has 5 rings (SSSR count). The molecule has 29 heavy (non-hydrogen) atoms. The van der Waals surface area contributed by atoms with Crippen LogP contribution in [-0.2, 0) is 23.1 Å². The number of aryl methyl sites for hydroxylation is 1. The molecule has 1 aliphatic carbocycles. The third kappa shape index (κ3) is 2.70. The van der Waals surface area contributed by atoms with E-state index < -0.39 is 12.7 Å². The predicted molar refractivity (Wildman–Crippen MR) is 118 cm³/mol. The Hall–Kier alpha value is -2.70. The van der Waals surface area contributed by atoms with E-state index in [0.717, 1.165) is 64.4 Å². The van der Waals surface area contributed by atoms with Gasteiger partial charge in [0, 0.05) is 28.4 Å². The fourth-order valence-electron chi connectivity index (χ4n) is 4.91. The van der Waals surface area contributed by atoms with Gasteiger partial charge in [-0.25, -0.2) is 4.98 Å². The van der Waals surface area contributed by atoms with Crippen LogP contribution in [0.2, 0.25) is 0 Å². The number of hydrogen-bond acceptors (Lipinski definition) is 5. The van der Waals surface area contributed by atoms with E-state index in [4.69, 9.17) is 20.8 Å². The first-order valence-corrected chi connectivity index (χ1v) is 10.2. The van der Waals surface area contributed by atoms with Crippen LogP contribution in [-0.4, -0.2) is 23.3 Å². The van der Waals surface area contributed by atoms with Gasteiger partial charge in [0.15, 0.2) is 0 Å². The summed E-state index contributed by atoms with van der Waals surface area (Å²) in [5.41, 5.74) is 14.3. The van der Waals surface area contributed by atoms with Crippen LogP contribution in [0, 0.1) is 5.41 Å². The van der Waals surface area contributed by atoms with E-state index >= 15 is 0 Å². The summed E-state index contributed by atoms with van der Waals surface area (Å²) in [7, 11) is -0.884. The van der Waals surface area contributed by atoms with Gasteiger partial charge >= 0.3 is 7.12 Å². The molecule has 4 N–H and O–H groups in total. The maximum absolute atomic E-state index is 10.2. The van der Waals surface area contributed by atoms with Crippen LogP contribution in [0.1, 0.15) is 48.9 Å². The molecule has 0 radical (unpaired) electrons. The van der Waals surface area contributed by atoms with Gasteiger partial charge in [-0.3, -0.25) is 0 Å². The average molecular weight is 385 g/mol. The lowest BCUT2D eigenvalue weighted by Crippen LogP contribution is -2.28. The Bertz CT molecular complexity index is 1170. The van der Waals surface area contributed by atoms with Gasteiger partial charge in [-0.1, -0.05) is 12.1 Å².